The van der Waals surface area contributed by atoms with E-state index in [1.165, 1.54) is 12.3 Å². The van der Waals surface area contributed by atoms with Gasteiger partial charge < -0.3 is 4.74 Å². The largest absolute Gasteiger partial charge is 0.468 e. The Labute approximate surface area is 107 Å². The van der Waals surface area contributed by atoms with Crippen molar-refractivity contribution in [1.82, 2.24) is 14.8 Å². The first-order valence-corrected chi connectivity index (χ1v) is 5.56. The summed E-state index contributed by atoms with van der Waals surface area (Å²) >= 11 is 0. The minimum Gasteiger partial charge on any atom is -0.468 e. The molecule has 0 N–H and O–H groups in total. The zero-order valence-corrected chi connectivity index (χ0v) is 10.2. The molecule has 0 fully saturated rings. The Balaban J connectivity index is 2.05. The van der Waals surface area contributed by atoms with Crippen LogP contribution in [0, 0.1) is 6.92 Å². The van der Waals surface area contributed by atoms with Crippen LogP contribution in [0.4, 0.5) is 13.2 Å². The highest BCUT2D eigenvalue weighted by Gasteiger charge is 2.28. The Bertz CT molecular complexity index is 538. The van der Waals surface area contributed by atoms with Gasteiger partial charge >= 0.3 is 6.18 Å². The van der Waals surface area contributed by atoms with Gasteiger partial charge in [-0.1, -0.05) is 0 Å². The summed E-state index contributed by atoms with van der Waals surface area (Å²) in [4.78, 5) is 3.86. The Morgan fingerprint density at radius 3 is 2.74 bits per heavy atom. The van der Waals surface area contributed by atoms with E-state index in [-0.39, 0.29) is 5.88 Å². The molecule has 2 heterocycles. The molecule has 0 aliphatic heterocycles. The van der Waals surface area contributed by atoms with Crippen LogP contribution >= 0.6 is 0 Å². The molecular weight excluding hydrogens is 259 g/mol. The van der Waals surface area contributed by atoms with Crippen molar-refractivity contribution in [1.29, 1.82) is 0 Å². The summed E-state index contributed by atoms with van der Waals surface area (Å²) in [5.41, 5.74) is 1.69. The second kappa shape index (κ2) is 5.29. The summed E-state index contributed by atoms with van der Waals surface area (Å²) in [6.07, 6.45) is 0.600. The predicted octanol–water partition coefficient (Wildman–Crippen LogP) is 2.58. The van der Waals surface area contributed by atoms with E-state index < -0.39 is 12.8 Å². The molecule has 0 amide bonds. The van der Waals surface area contributed by atoms with Gasteiger partial charge in [0, 0.05) is 24.7 Å². The number of aryl methyl sites for hydroxylation is 1. The van der Waals surface area contributed by atoms with Gasteiger partial charge in [-0.15, -0.1) is 0 Å². The highest BCUT2D eigenvalue weighted by atomic mass is 19.4. The van der Waals surface area contributed by atoms with Crippen molar-refractivity contribution in [2.45, 2.75) is 19.6 Å². The van der Waals surface area contributed by atoms with Gasteiger partial charge in [0.25, 0.3) is 0 Å². The van der Waals surface area contributed by atoms with E-state index in [1.54, 1.807) is 30.1 Å². The maximum absolute atomic E-state index is 12.0. The van der Waals surface area contributed by atoms with Crippen LogP contribution in [0.2, 0.25) is 0 Å². The molecule has 2 aromatic heterocycles. The smallest absolute Gasteiger partial charge is 0.422 e. The third-order valence-electron chi connectivity index (χ3n) is 2.47. The number of pyridine rings is 1. The maximum Gasteiger partial charge on any atom is 0.422 e. The van der Waals surface area contributed by atoms with Crippen molar-refractivity contribution >= 4 is 0 Å². The van der Waals surface area contributed by atoms with Gasteiger partial charge in [0.2, 0.25) is 5.88 Å². The number of hydrogen-bond donors (Lipinski definition) is 0. The predicted molar refractivity (Wildman–Crippen MR) is 61.9 cm³/mol. The molecule has 2 rings (SSSR count). The average molecular weight is 271 g/mol. The van der Waals surface area contributed by atoms with Crippen LogP contribution in [0.25, 0.3) is 0 Å². The summed E-state index contributed by atoms with van der Waals surface area (Å²) in [5, 5.41) is 4.05. The van der Waals surface area contributed by atoms with E-state index in [4.69, 9.17) is 0 Å². The molecule has 0 radical (unpaired) electrons. The Hall–Kier alpha value is -2.05. The van der Waals surface area contributed by atoms with E-state index in [2.05, 4.69) is 14.8 Å². The molecule has 7 heteroatoms. The van der Waals surface area contributed by atoms with E-state index in [1.807, 2.05) is 0 Å². The van der Waals surface area contributed by atoms with Crippen LogP contribution in [-0.2, 0) is 6.54 Å². The molecular formula is C12H12F3N3O. The molecule has 0 bridgehead atoms. The minimum absolute atomic E-state index is 0.0287. The monoisotopic (exact) mass is 271 g/mol. The number of ether oxygens (including phenoxy) is 1. The lowest BCUT2D eigenvalue weighted by Gasteiger charge is -2.10. The van der Waals surface area contributed by atoms with Gasteiger partial charge in [0.1, 0.15) is 0 Å². The zero-order chi connectivity index (χ0) is 13.9. The van der Waals surface area contributed by atoms with Crippen molar-refractivity contribution in [2.24, 2.45) is 0 Å². The van der Waals surface area contributed by atoms with Crippen molar-refractivity contribution < 1.29 is 17.9 Å². The molecule has 19 heavy (non-hydrogen) atoms. The van der Waals surface area contributed by atoms with Gasteiger partial charge in [0.05, 0.1) is 6.54 Å². The van der Waals surface area contributed by atoms with Crippen LogP contribution in [0.1, 0.15) is 11.1 Å². The fraction of sp³-hybridized carbons (Fsp3) is 0.333. The van der Waals surface area contributed by atoms with Crippen LogP contribution in [0.3, 0.4) is 0 Å². The summed E-state index contributed by atoms with van der Waals surface area (Å²) in [6, 6.07) is 3.29. The van der Waals surface area contributed by atoms with Crippen molar-refractivity contribution in [3.05, 3.63) is 41.9 Å². The second-order valence-electron chi connectivity index (χ2n) is 4.06. The lowest BCUT2D eigenvalue weighted by Crippen LogP contribution is -2.19. The number of aromatic nitrogens is 3. The molecule has 4 nitrogen and oxygen atoms in total. The molecule has 0 spiro atoms. The van der Waals surface area contributed by atoms with E-state index in [9.17, 15) is 13.2 Å². The maximum atomic E-state index is 12.0. The molecule has 2 aromatic rings. The topological polar surface area (TPSA) is 39.9 Å². The molecule has 0 unspecified atom stereocenters. The van der Waals surface area contributed by atoms with E-state index in [0.29, 0.717) is 6.54 Å². The van der Waals surface area contributed by atoms with Crippen LogP contribution in [0.5, 0.6) is 5.88 Å². The second-order valence-corrected chi connectivity index (χ2v) is 4.06. The lowest BCUT2D eigenvalue weighted by molar-refractivity contribution is -0.154. The van der Waals surface area contributed by atoms with Gasteiger partial charge in [-0.2, -0.15) is 18.3 Å². The number of alkyl halides is 3. The first-order valence-electron chi connectivity index (χ1n) is 5.56. The van der Waals surface area contributed by atoms with E-state index in [0.717, 1.165) is 11.1 Å². The number of nitrogens with zero attached hydrogens (tertiary/aromatic N) is 3. The molecule has 0 saturated heterocycles. The van der Waals surface area contributed by atoms with E-state index >= 15 is 0 Å². The van der Waals surface area contributed by atoms with Crippen LogP contribution < -0.4 is 4.74 Å². The summed E-state index contributed by atoms with van der Waals surface area (Å²) in [7, 11) is 0. The third-order valence-corrected chi connectivity index (χ3v) is 2.47. The highest BCUT2D eigenvalue weighted by molar-refractivity contribution is 5.28. The van der Waals surface area contributed by atoms with Crippen molar-refractivity contribution in [3.8, 4) is 5.88 Å². The summed E-state index contributed by atoms with van der Waals surface area (Å²) < 4.78 is 42.3. The fourth-order valence-corrected chi connectivity index (χ4v) is 1.53. The Kier molecular flexibility index (Phi) is 3.73. The molecule has 0 aliphatic carbocycles. The summed E-state index contributed by atoms with van der Waals surface area (Å²) in [5.74, 6) is -0.0287. The Morgan fingerprint density at radius 1 is 1.37 bits per heavy atom. The lowest BCUT2D eigenvalue weighted by atomic mass is 10.1. The SMILES string of the molecule is Cc1cc(OCC(F)(F)F)ncc1Cn1cccn1. The van der Waals surface area contributed by atoms with Crippen LogP contribution in [-0.4, -0.2) is 27.5 Å². The minimum atomic E-state index is -4.36. The van der Waals surface area contributed by atoms with Gasteiger partial charge in [-0.3, -0.25) is 4.68 Å². The Morgan fingerprint density at radius 2 is 2.16 bits per heavy atom. The normalized spacial score (nSPS) is 11.6. The number of hydrogen-bond acceptors (Lipinski definition) is 3. The number of rotatable bonds is 4. The van der Waals surface area contributed by atoms with Crippen molar-refractivity contribution in [3.63, 3.8) is 0 Å². The molecule has 0 aliphatic rings. The number of halogens is 3. The molecule has 0 saturated carbocycles. The molecule has 0 atom stereocenters. The van der Waals surface area contributed by atoms with Gasteiger partial charge in [-0.25, -0.2) is 4.98 Å². The van der Waals surface area contributed by atoms with Gasteiger partial charge in [0.15, 0.2) is 6.61 Å². The first-order chi connectivity index (χ1) is 8.94. The molecule has 0 aromatic carbocycles. The third kappa shape index (κ3) is 3.97. The van der Waals surface area contributed by atoms with Crippen LogP contribution in [0.15, 0.2) is 30.7 Å². The standard InChI is InChI=1S/C12H12F3N3O/c1-9-5-11(19-8-12(13,14)15)16-6-10(9)7-18-4-2-3-17-18/h2-6H,7-8H2,1H3. The quantitative estimate of drug-likeness (QED) is 0.858. The summed E-state index contributed by atoms with van der Waals surface area (Å²) in [6.45, 7) is 0.976. The first kappa shape index (κ1) is 13.4. The zero-order valence-electron chi connectivity index (χ0n) is 10.2. The average Bonchev–Trinajstić information content (AvgIpc) is 2.81. The van der Waals surface area contributed by atoms with Crippen molar-refractivity contribution in [2.75, 3.05) is 6.61 Å². The fourth-order valence-electron chi connectivity index (χ4n) is 1.53. The highest BCUT2D eigenvalue weighted by Crippen LogP contribution is 2.19. The van der Waals surface area contributed by atoms with Gasteiger partial charge in [-0.05, 0) is 24.1 Å². The molecule has 102 valence electrons.